The highest BCUT2D eigenvalue weighted by atomic mass is 79.9. The van der Waals surface area contributed by atoms with Gasteiger partial charge in [-0.05, 0) is 25.3 Å². The van der Waals surface area contributed by atoms with Crippen LogP contribution < -0.4 is 0 Å². The average Bonchev–Trinajstić information content (AvgIpc) is 2.43. The second kappa shape index (κ2) is 6.90. The Morgan fingerprint density at radius 3 is 2.19 bits per heavy atom. The van der Waals surface area contributed by atoms with Crippen molar-refractivity contribution in [2.45, 2.75) is 45.0 Å². The highest BCUT2D eigenvalue weighted by molar-refractivity contribution is 9.09. The van der Waals surface area contributed by atoms with Gasteiger partial charge in [0, 0.05) is 11.9 Å². The van der Waals surface area contributed by atoms with Crippen molar-refractivity contribution in [1.29, 1.82) is 0 Å². The second-order valence-corrected chi connectivity index (χ2v) is 5.70. The van der Waals surface area contributed by atoms with E-state index in [4.69, 9.17) is 0 Å². The minimum Gasteiger partial charge on any atom is -0.300 e. The van der Waals surface area contributed by atoms with Crippen molar-refractivity contribution >= 4 is 15.9 Å². The molecule has 0 saturated heterocycles. The second-order valence-electron chi connectivity index (χ2n) is 5.14. The number of hydrogen-bond donors (Lipinski definition) is 0. The molecule has 0 aromatic rings. The van der Waals surface area contributed by atoms with Crippen molar-refractivity contribution in [2.24, 2.45) is 5.41 Å². The molecule has 0 aromatic carbocycles. The molecule has 0 radical (unpaired) electrons. The van der Waals surface area contributed by atoms with Crippen LogP contribution in [-0.4, -0.2) is 36.8 Å². The monoisotopic (exact) mass is 297 g/mol. The summed E-state index contributed by atoms with van der Waals surface area (Å²) in [7, 11) is 1.81. The van der Waals surface area contributed by atoms with Crippen molar-refractivity contribution in [3.05, 3.63) is 0 Å². The van der Waals surface area contributed by atoms with Gasteiger partial charge in [0.05, 0.1) is 6.54 Å². The van der Waals surface area contributed by atoms with Crippen LogP contribution in [-0.2, 0) is 0 Å². The lowest BCUT2D eigenvalue weighted by Gasteiger charge is -2.35. The quantitative estimate of drug-likeness (QED) is 0.549. The van der Waals surface area contributed by atoms with Crippen LogP contribution in [0.3, 0.4) is 0 Å². The predicted octanol–water partition coefficient (Wildman–Crippen LogP) is 3.92. The summed E-state index contributed by atoms with van der Waals surface area (Å²) in [5.41, 5.74) is 0.222. The van der Waals surface area contributed by atoms with Crippen LogP contribution in [0, 0.1) is 5.41 Å². The Labute approximate surface area is 106 Å². The van der Waals surface area contributed by atoms with Crippen LogP contribution in [0.15, 0.2) is 0 Å². The normalized spacial score (nSPS) is 21.4. The lowest BCUT2D eigenvalue weighted by atomic mass is 9.82. The fraction of sp³-hybridized carbons (Fsp3) is 1.00. The Bertz CT molecular complexity index is 191. The van der Waals surface area contributed by atoms with Crippen LogP contribution in [0.2, 0.25) is 0 Å². The van der Waals surface area contributed by atoms with Crippen molar-refractivity contribution in [2.75, 3.05) is 25.5 Å². The zero-order valence-corrected chi connectivity index (χ0v) is 11.6. The molecule has 0 unspecified atom stereocenters. The van der Waals surface area contributed by atoms with Crippen LogP contribution in [0.25, 0.3) is 0 Å². The Kier molecular flexibility index (Phi) is 6.19. The van der Waals surface area contributed by atoms with Crippen LogP contribution in [0.5, 0.6) is 0 Å². The fourth-order valence-electron chi connectivity index (χ4n) is 2.69. The molecule has 16 heavy (non-hydrogen) atoms. The van der Waals surface area contributed by atoms with Crippen LogP contribution in [0.4, 0.5) is 8.78 Å². The highest BCUT2D eigenvalue weighted by Crippen LogP contribution is 2.37. The average molecular weight is 298 g/mol. The number of hydrogen-bond acceptors (Lipinski definition) is 1. The van der Waals surface area contributed by atoms with Crippen LogP contribution in [0.1, 0.15) is 38.5 Å². The summed E-state index contributed by atoms with van der Waals surface area (Å²) >= 11 is 3.58. The number of rotatable bonds is 5. The molecule has 1 aliphatic rings. The minimum atomic E-state index is -2.22. The van der Waals surface area contributed by atoms with Gasteiger partial charge in [-0.15, -0.1) is 0 Å². The van der Waals surface area contributed by atoms with Gasteiger partial charge in [0.15, 0.2) is 0 Å². The topological polar surface area (TPSA) is 3.24 Å². The van der Waals surface area contributed by atoms with E-state index in [9.17, 15) is 8.78 Å². The first kappa shape index (κ1) is 14.4. The summed E-state index contributed by atoms with van der Waals surface area (Å²) < 4.78 is 24.6. The van der Waals surface area contributed by atoms with E-state index in [0.29, 0.717) is 0 Å². The number of halogens is 3. The van der Waals surface area contributed by atoms with Crippen molar-refractivity contribution in [1.82, 2.24) is 4.90 Å². The smallest absolute Gasteiger partial charge is 0.251 e. The molecule has 0 spiro atoms. The Hall–Kier alpha value is 0.300. The zero-order chi connectivity index (χ0) is 12.0. The molecular formula is C12H22BrF2N. The van der Waals surface area contributed by atoms with E-state index in [0.717, 1.165) is 11.9 Å². The first-order chi connectivity index (χ1) is 7.58. The Balaban J connectivity index is 2.50. The minimum absolute atomic E-state index is 0.102. The van der Waals surface area contributed by atoms with Gasteiger partial charge in [0.1, 0.15) is 0 Å². The maximum atomic E-state index is 12.3. The van der Waals surface area contributed by atoms with Gasteiger partial charge in [-0.2, -0.15) is 0 Å². The third-order valence-electron chi connectivity index (χ3n) is 3.50. The largest absolute Gasteiger partial charge is 0.300 e. The molecule has 0 heterocycles. The molecule has 0 atom stereocenters. The summed E-state index contributed by atoms with van der Waals surface area (Å²) in [4.78, 5) is 1.79. The van der Waals surface area contributed by atoms with Gasteiger partial charge < -0.3 is 4.90 Å². The van der Waals surface area contributed by atoms with Gasteiger partial charge in [0.2, 0.25) is 0 Å². The SMILES string of the molecule is CN(CC(F)F)CC1(CBr)CCCCCC1. The summed E-state index contributed by atoms with van der Waals surface area (Å²) in [6.07, 6.45) is 5.21. The van der Waals surface area contributed by atoms with E-state index >= 15 is 0 Å². The van der Waals surface area contributed by atoms with E-state index in [1.54, 1.807) is 4.90 Å². The van der Waals surface area contributed by atoms with E-state index in [1.807, 2.05) is 7.05 Å². The van der Waals surface area contributed by atoms with Crippen LogP contribution >= 0.6 is 15.9 Å². The first-order valence-corrected chi connectivity index (χ1v) is 7.23. The van der Waals surface area contributed by atoms with Gasteiger partial charge in [0.25, 0.3) is 6.43 Å². The zero-order valence-electron chi connectivity index (χ0n) is 10.0. The fourth-order valence-corrected chi connectivity index (χ4v) is 3.42. The molecule has 4 heteroatoms. The summed E-state index contributed by atoms with van der Waals surface area (Å²) in [5, 5.41) is 0.938. The third-order valence-corrected chi connectivity index (χ3v) is 4.69. The number of alkyl halides is 3. The molecule has 0 N–H and O–H groups in total. The van der Waals surface area contributed by atoms with Gasteiger partial charge in [-0.3, -0.25) is 0 Å². The van der Waals surface area contributed by atoms with Gasteiger partial charge >= 0.3 is 0 Å². The highest BCUT2D eigenvalue weighted by Gasteiger charge is 2.31. The molecule has 0 aliphatic heterocycles. The van der Waals surface area contributed by atoms with Gasteiger partial charge in [-0.1, -0.05) is 41.6 Å². The molecule has 1 nitrogen and oxygen atoms in total. The molecular weight excluding hydrogens is 276 g/mol. The molecule has 96 valence electrons. The number of nitrogens with zero attached hydrogens (tertiary/aromatic N) is 1. The van der Waals surface area contributed by atoms with E-state index in [1.165, 1.54) is 38.5 Å². The molecule has 1 aliphatic carbocycles. The molecule has 1 rings (SSSR count). The molecule has 1 saturated carbocycles. The summed E-state index contributed by atoms with van der Waals surface area (Å²) in [6, 6.07) is 0. The standard InChI is InChI=1S/C12H22BrF2N/c1-16(8-11(14)15)10-12(9-13)6-4-2-3-5-7-12/h11H,2-10H2,1H3. The lowest BCUT2D eigenvalue weighted by molar-refractivity contribution is 0.0762. The Morgan fingerprint density at radius 2 is 1.75 bits per heavy atom. The third kappa shape index (κ3) is 4.66. The van der Waals surface area contributed by atoms with E-state index in [-0.39, 0.29) is 12.0 Å². The van der Waals surface area contributed by atoms with Crippen molar-refractivity contribution < 1.29 is 8.78 Å². The maximum absolute atomic E-state index is 12.3. The molecule has 0 amide bonds. The molecule has 0 aromatic heterocycles. The summed E-state index contributed by atoms with van der Waals surface area (Å²) in [6.45, 7) is 0.692. The first-order valence-electron chi connectivity index (χ1n) is 6.11. The van der Waals surface area contributed by atoms with Crippen molar-refractivity contribution in [3.63, 3.8) is 0 Å². The van der Waals surface area contributed by atoms with E-state index < -0.39 is 6.43 Å². The maximum Gasteiger partial charge on any atom is 0.251 e. The Morgan fingerprint density at radius 1 is 1.19 bits per heavy atom. The lowest BCUT2D eigenvalue weighted by Crippen LogP contribution is -2.38. The molecule has 1 fully saturated rings. The van der Waals surface area contributed by atoms with E-state index in [2.05, 4.69) is 15.9 Å². The molecule has 0 bridgehead atoms. The summed E-state index contributed by atoms with van der Waals surface area (Å²) in [5.74, 6) is 0. The van der Waals surface area contributed by atoms with Crippen molar-refractivity contribution in [3.8, 4) is 0 Å². The predicted molar refractivity (Wildman–Crippen MR) is 67.4 cm³/mol. The van der Waals surface area contributed by atoms with Gasteiger partial charge in [-0.25, -0.2) is 8.78 Å².